The third kappa shape index (κ3) is 3.98. The molecule has 0 saturated heterocycles. The molecule has 0 fully saturated rings. The van der Waals surface area contributed by atoms with Gasteiger partial charge in [0.2, 0.25) is 5.75 Å². The molecule has 142 valence electrons. The van der Waals surface area contributed by atoms with Crippen molar-refractivity contribution in [1.82, 2.24) is 5.32 Å². The number of nitrogens with one attached hydrogen (secondary N) is 1. The summed E-state index contributed by atoms with van der Waals surface area (Å²) < 4.78 is 21.6. The van der Waals surface area contributed by atoms with Crippen molar-refractivity contribution in [2.45, 2.75) is 12.5 Å². The van der Waals surface area contributed by atoms with Gasteiger partial charge in [0.15, 0.2) is 16.6 Å². The van der Waals surface area contributed by atoms with Crippen LogP contribution in [-0.2, 0) is 0 Å². The van der Waals surface area contributed by atoms with E-state index in [1.807, 2.05) is 36.4 Å². The fourth-order valence-electron chi connectivity index (χ4n) is 3.06. The minimum atomic E-state index is -0.0548. The van der Waals surface area contributed by atoms with Crippen LogP contribution in [0, 0.1) is 0 Å². The Balaban J connectivity index is 1.94. The lowest BCUT2D eigenvalue weighted by Gasteiger charge is -2.26. The van der Waals surface area contributed by atoms with Crippen LogP contribution in [0.15, 0.2) is 41.4 Å². The van der Waals surface area contributed by atoms with Crippen molar-refractivity contribution in [2.75, 3.05) is 28.4 Å². The minimum absolute atomic E-state index is 0.0548. The summed E-state index contributed by atoms with van der Waals surface area (Å²) in [4.78, 5) is 4.51. The van der Waals surface area contributed by atoms with E-state index in [2.05, 4.69) is 10.3 Å². The van der Waals surface area contributed by atoms with Crippen LogP contribution in [0.3, 0.4) is 0 Å². The van der Waals surface area contributed by atoms with Gasteiger partial charge in [0.05, 0.1) is 40.2 Å². The van der Waals surface area contributed by atoms with Gasteiger partial charge in [0.1, 0.15) is 5.75 Å². The van der Waals surface area contributed by atoms with Crippen LogP contribution in [0.5, 0.6) is 23.0 Å². The smallest absolute Gasteiger partial charge is 0.203 e. The Labute approximate surface area is 164 Å². The van der Waals surface area contributed by atoms with E-state index in [0.29, 0.717) is 28.8 Å². The second-order valence-corrected chi connectivity index (χ2v) is 6.34. The molecule has 1 atom stereocenters. The second kappa shape index (κ2) is 8.26. The topological polar surface area (TPSA) is 61.3 Å². The van der Waals surface area contributed by atoms with E-state index >= 15 is 0 Å². The van der Waals surface area contributed by atoms with Crippen LogP contribution in [0.2, 0.25) is 0 Å². The summed E-state index contributed by atoms with van der Waals surface area (Å²) in [5.41, 5.74) is 2.91. The van der Waals surface area contributed by atoms with Gasteiger partial charge >= 0.3 is 0 Å². The number of hydrogen-bond donors (Lipinski definition) is 1. The van der Waals surface area contributed by atoms with E-state index in [4.69, 9.17) is 31.2 Å². The number of methoxy groups -OCH3 is 4. The third-order valence-electron chi connectivity index (χ3n) is 4.44. The van der Waals surface area contributed by atoms with Gasteiger partial charge in [-0.2, -0.15) is 0 Å². The molecular formula is C20H22N2O4S. The number of thiocarbonyl (C=S) groups is 1. The van der Waals surface area contributed by atoms with Crippen molar-refractivity contribution >= 4 is 23.0 Å². The number of benzene rings is 2. The molecule has 0 radical (unpaired) electrons. The molecule has 3 rings (SSSR count). The molecule has 0 bridgehead atoms. The highest BCUT2D eigenvalue weighted by atomic mass is 32.1. The zero-order valence-corrected chi connectivity index (χ0v) is 16.6. The number of ether oxygens (including phenoxy) is 4. The maximum atomic E-state index is 5.46. The summed E-state index contributed by atoms with van der Waals surface area (Å²) in [6.07, 6.45) is 0.672. The average molecular weight is 386 g/mol. The second-order valence-electron chi connectivity index (χ2n) is 5.95. The first-order chi connectivity index (χ1) is 13.1. The quantitative estimate of drug-likeness (QED) is 0.767. The largest absolute Gasteiger partial charge is 0.497 e. The molecule has 1 aliphatic rings. The van der Waals surface area contributed by atoms with E-state index in [9.17, 15) is 0 Å². The number of nitrogens with zero attached hydrogens (tertiary/aromatic N) is 1. The highest BCUT2D eigenvalue weighted by Crippen LogP contribution is 2.40. The lowest BCUT2D eigenvalue weighted by Crippen LogP contribution is -2.33. The number of hydrogen-bond acceptors (Lipinski definition) is 5. The lowest BCUT2D eigenvalue weighted by molar-refractivity contribution is 0.323. The standard InChI is InChI=1S/C20H22N2O4S/c1-23-14-7-5-12(6-8-14)15-11-16(22-20(27)21-15)13-9-17(24-2)19(26-4)18(10-13)25-3/h5-10,16H,11H2,1-4H3,(H,22,27). The fraction of sp³-hybridized carbons (Fsp3) is 0.300. The summed E-state index contributed by atoms with van der Waals surface area (Å²) in [7, 11) is 6.43. The van der Waals surface area contributed by atoms with Crippen molar-refractivity contribution in [3.63, 3.8) is 0 Å². The summed E-state index contributed by atoms with van der Waals surface area (Å²) >= 11 is 5.37. The minimum Gasteiger partial charge on any atom is -0.497 e. The molecule has 1 aliphatic heterocycles. The molecule has 6 nitrogen and oxygen atoms in total. The molecule has 2 aromatic rings. The average Bonchev–Trinajstić information content (AvgIpc) is 2.72. The molecule has 0 saturated carbocycles. The first kappa shape index (κ1) is 19.0. The molecule has 1 N–H and O–H groups in total. The van der Waals surface area contributed by atoms with Gasteiger partial charge in [-0.1, -0.05) is 0 Å². The molecule has 1 unspecified atom stereocenters. The predicted molar refractivity (Wildman–Crippen MR) is 109 cm³/mol. The lowest BCUT2D eigenvalue weighted by atomic mass is 9.95. The van der Waals surface area contributed by atoms with Gasteiger partial charge in [-0.3, -0.25) is 0 Å². The summed E-state index contributed by atoms with van der Waals surface area (Å²) in [5.74, 6) is 2.57. The molecule has 0 amide bonds. The maximum Gasteiger partial charge on any atom is 0.203 e. The van der Waals surface area contributed by atoms with Crippen molar-refractivity contribution in [3.05, 3.63) is 47.5 Å². The van der Waals surface area contributed by atoms with Gasteiger partial charge in [0, 0.05) is 6.42 Å². The van der Waals surface area contributed by atoms with E-state index in [1.165, 1.54) is 0 Å². The summed E-state index contributed by atoms with van der Waals surface area (Å²) in [6.45, 7) is 0. The number of aliphatic imine (C=N–C) groups is 1. The number of rotatable bonds is 6. The predicted octanol–water partition coefficient (Wildman–Crippen LogP) is 3.53. The first-order valence-corrected chi connectivity index (χ1v) is 8.82. The molecule has 1 heterocycles. The van der Waals surface area contributed by atoms with E-state index in [0.717, 1.165) is 22.6 Å². The molecule has 2 aromatic carbocycles. The van der Waals surface area contributed by atoms with Crippen molar-refractivity contribution < 1.29 is 18.9 Å². The molecule has 0 aromatic heterocycles. The van der Waals surface area contributed by atoms with E-state index in [1.54, 1.807) is 28.4 Å². The molecular weight excluding hydrogens is 364 g/mol. The van der Waals surface area contributed by atoms with E-state index in [-0.39, 0.29) is 6.04 Å². The Morgan fingerprint density at radius 1 is 0.926 bits per heavy atom. The zero-order chi connectivity index (χ0) is 19.4. The summed E-state index contributed by atoms with van der Waals surface area (Å²) in [5, 5.41) is 3.71. The third-order valence-corrected chi connectivity index (χ3v) is 4.65. The van der Waals surface area contributed by atoms with Gasteiger partial charge < -0.3 is 24.3 Å². The Morgan fingerprint density at radius 3 is 2.07 bits per heavy atom. The van der Waals surface area contributed by atoms with Crippen LogP contribution in [0.1, 0.15) is 23.6 Å². The van der Waals surface area contributed by atoms with Gasteiger partial charge in [-0.05, 0) is 59.7 Å². The summed E-state index contributed by atoms with van der Waals surface area (Å²) in [6, 6.07) is 11.6. The normalized spacial score (nSPS) is 16.2. The van der Waals surface area contributed by atoms with Crippen LogP contribution < -0.4 is 24.3 Å². The Morgan fingerprint density at radius 2 is 1.56 bits per heavy atom. The highest BCUT2D eigenvalue weighted by Gasteiger charge is 2.24. The fourth-order valence-corrected chi connectivity index (χ4v) is 3.32. The van der Waals surface area contributed by atoms with Crippen LogP contribution in [0.4, 0.5) is 0 Å². The van der Waals surface area contributed by atoms with Crippen LogP contribution in [-0.4, -0.2) is 39.3 Å². The Hall–Kier alpha value is -2.80. The zero-order valence-electron chi connectivity index (χ0n) is 15.7. The molecule has 0 aliphatic carbocycles. The molecule has 27 heavy (non-hydrogen) atoms. The monoisotopic (exact) mass is 386 g/mol. The SMILES string of the molecule is COc1ccc(C2=NC(=S)NC(c3cc(OC)c(OC)c(OC)c3)C2)cc1. The molecule has 7 heteroatoms. The van der Waals surface area contributed by atoms with Crippen LogP contribution >= 0.6 is 12.2 Å². The Kier molecular flexibility index (Phi) is 5.81. The van der Waals surface area contributed by atoms with Gasteiger partial charge in [-0.25, -0.2) is 4.99 Å². The van der Waals surface area contributed by atoms with Crippen molar-refractivity contribution in [2.24, 2.45) is 4.99 Å². The van der Waals surface area contributed by atoms with Crippen LogP contribution in [0.25, 0.3) is 0 Å². The Bertz CT molecular complexity index is 840. The first-order valence-electron chi connectivity index (χ1n) is 8.42. The molecule has 0 spiro atoms. The van der Waals surface area contributed by atoms with Crippen molar-refractivity contribution in [1.29, 1.82) is 0 Å². The van der Waals surface area contributed by atoms with E-state index < -0.39 is 0 Å². The maximum absolute atomic E-state index is 5.46. The highest BCUT2D eigenvalue weighted by molar-refractivity contribution is 7.80. The van der Waals surface area contributed by atoms with Gasteiger partial charge in [0.25, 0.3) is 0 Å². The van der Waals surface area contributed by atoms with Crippen molar-refractivity contribution in [3.8, 4) is 23.0 Å². The van der Waals surface area contributed by atoms with Gasteiger partial charge in [-0.15, -0.1) is 0 Å².